The summed E-state index contributed by atoms with van der Waals surface area (Å²) in [6.45, 7) is 2.34. The van der Waals surface area contributed by atoms with Gasteiger partial charge in [0.1, 0.15) is 5.75 Å². The Morgan fingerprint density at radius 3 is 2.88 bits per heavy atom. The van der Waals surface area contributed by atoms with E-state index in [9.17, 15) is 15.2 Å². The first-order valence-corrected chi connectivity index (χ1v) is 9.72. The lowest BCUT2D eigenvalue weighted by Gasteiger charge is -2.53. The summed E-state index contributed by atoms with van der Waals surface area (Å²) in [5, 5.41) is 19.5. The third-order valence-corrected chi connectivity index (χ3v) is 7.63. The first-order chi connectivity index (χ1) is 12.4. The van der Waals surface area contributed by atoms with Crippen molar-refractivity contribution in [3.63, 3.8) is 0 Å². The number of carbonyl (C=O) groups is 1. The molecule has 0 heterocycles. The minimum atomic E-state index is -0.690. The lowest BCUT2D eigenvalue weighted by Crippen LogP contribution is -2.50. The van der Waals surface area contributed by atoms with Crippen molar-refractivity contribution < 1.29 is 14.6 Å². The summed E-state index contributed by atoms with van der Waals surface area (Å²) in [6.07, 6.45) is 6.14. The molecule has 0 saturated heterocycles. The highest BCUT2D eigenvalue weighted by Crippen LogP contribution is 2.64. The molecule has 2 fully saturated rings. The Balaban J connectivity index is 1.72. The van der Waals surface area contributed by atoms with Crippen LogP contribution in [0.5, 0.6) is 5.75 Å². The van der Waals surface area contributed by atoms with Gasteiger partial charge in [0.05, 0.1) is 18.6 Å². The summed E-state index contributed by atoms with van der Waals surface area (Å²) < 4.78 is 5.38. The Hall–Kier alpha value is -2.02. The smallest absolute Gasteiger partial charge is 0.303 e. The molecular weight excluding hydrogens is 326 g/mol. The van der Waals surface area contributed by atoms with Crippen molar-refractivity contribution in [2.45, 2.75) is 57.3 Å². The second-order valence-corrected chi connectivity index (χ2v) is 8.92. The zero-order chi connectivity index (χ0) is 18.5. The maximum absolute atomic E-state index is 11.2. The van der Waals surface area contributed by atoms with E-state index in [2.05, 4.69) is 25.1 Å². The Morgan fingerprint density at radius 1 is 1.38 bits per heavy atom. The molecule has 0 bridgehead atoms. The van der Waals surface area contributed by atoms with Crippen LogP contribution in [0.4, 0.5) is 0 Å². The predicted molar refractivity (Wildman–Crippen MR) is 97.9 cm³/mol. The topological polar surface area (TPSA) is 70.3 Å². The van der Waals surface area contributed by atoms with Gasteiger partial charge in [-0.05, 0) is 85.0 Å². The van der Waals surface area contributed by atoms with Crippen molar-refractivity contribution in [3.8, 4) is 11.8 Å². The van der Waals surface area contributed by atoms with Gasteiger partial charge in [-0.25, -0.2) is 0 Å². The van der Waals surface area contributed by atoms with Gasteiger partial charge in [-0.1, -0.05) is 13.0 Å². The molecule has 0 radical (unpaired) electrons. The first kappa shape index (κ1) is 17.4. The number of fused-ring (bicyclic) bond motifs is 5. The summed E-state index contributed by atoms with van der Waals surface area (Å²) in [4.78, 5) is 11.2. The fourth-order valence-electron chi connectivity index (χ4n) is 6.52. The van der Waals surface area contributed by atoms with E-state index < -0.39 is 11.4 Å². The predicted octanol–water partition coefficient (Wildman–Crippen LogP) is 4.32. The molecule has 4 nitrogen and oxygen atoms in total. The highest BCUT2D eigenvalue weighted by Gasteiger charge is 2.59. The molecule has 0 amide bonds. The number of hydrogen-bond acceptors (Lipinski definition) is 3. The molecule has 0 aromatic heterocycles. The number of benzene rings is 1. The largest absolute Gasteiger partial charge is 0.497 e. The second kappa shape index (κ2) is 6.01. The van der Waals surface area contributed by atoms with Gasteiger partial charge in [-0.15, -0.1) is 0 Å². The van der Waals surface area contributed by atoms with E-state index in [1.54, 1.807) is 7.11 Å². The summed E-state index contributed by atoms with van der Waals surface area (Å²) in [6, 6.07) is 8.93. The van der Waals surface area contributed by atoms with Crippen molar-refractivity contribution in [2.75, 3.05) is 7.11 Å². The molecule has 3 aliphatic carbocycles. The second-order valence-electron chi connectivity index (χ2n) is 8.92. The molecule has 5 atom stereocenters. The van der Waals surface area contributed by atoms with Crippen LogP contribution in [-0.4, -0.2) is 18.2 Å². The van der Waals surface area contributed by atoms with Crippen molar-refractivity contribution in [2.24, 2.45) is 23.2 Å². The Labute approximate surface area is 155 Å². The van der Waals surface area contributed by atoms with Gasteiger partial charge in [0.15, 0.2) is 0 Å². The number of aliphatic carboxylic acids is 1. The van der Waals surface area contributed by atoms with E-state index in [4.69, 9.17) is 4.74 Å². The molecule has 1 N–H and O–H groups in total. The number of hydrogen-bond donors (Lipinski definition) is 1. The average Bonchev–Trinajstić information content (AvgIpc) is 2.95. The number of ether oxygens (including phenoxy) is 1. The fourth-order valence-corrected chi connectivity index (χ4v) is 6.52. The van der Waals surface area contributed by atoms with Gasteiger partial charge in [0, 0.05) is 6.42 Å². The third-order valence-electron chi connectivity index (χ3n) is 7.63. The zero-order valence-corrected chi connectivity index (χ0v) is 15.6. The normalized spacial score (nSPS) is 37.8. The lowest BCUT2D eigenvalue weighted by molar-refractivity contribution is -0.138. The van der Waals surface area contributed by atoms with E-state index >= 15 is 0 Å². The lowest BCUT2D eigenvalue weighted by atomic mass is 9.49. The van der Waals surface area contributed by atoms with Crippen LogP contribution < -0.4 is 4.74 Å². The van der Waals surface area contributed by atoms with Gasteiger partial charge in [0.2, 0.25) is 0 Å². The van der Waals surface area contributed by atoms with Crippen LogP contribution in [0.1, 0.15) is 56.6 Å². The van der Waals surface area contributed by atoms with Gasteiger partial charge < -0.3 is 9.84 Å². The van der Waals surface area contributed by atoms with Crippen LogP contribution in [0.2, 0.25) is 0 Å². The molecule has 4 heteroatoms. The number of carboxylic acid groups (broad SMARTS) is 1. The van der Waals surface area contributed by atoms with Gasteiger partial charge >= 0.3 is 5.97 Å². The van der Waals surface area contributed by atoms with E-state index in [0.29, 0.717) is 11.8 Å². The van der Waals surface area contributed by atoms with Crippen LogP contribution in [0.3, 0.4) is 0 Å². The van der Waals surface area contributed by atoms with Crippen LogP contribution >= 0.6 is 0 Å². The minimum absolute atomic E-state index is 0.190. The Bertz CT molecular complexity index is 782. The van der Waals surface area contributed by atoms with E-state index in [1.807, 2.05) is 6.07 Å². The Morgan fingerprint density at radius 2 is 2.19 bits per heavy atom. The maximum Gasteiger partial charge on any atom is 0.303 e. The number of rotatable bonds is 3. The monoisotopic (exact) mass is 353 g/mol. The van der Waals surface area contributed by atoms with Crippen molar-refractivity contribution >= 4 is 5.97 Å². The van der Waals surface area contributed by atoms with Gasteiger partial charge in [-0.2, -0.15) is 5.26 Å². The summed E-state index contributed by atoms with van der Waals surface area (Å²) in [5.74, 6) is 1.22. The van der Waals surface area contributed by atoms with E-state index in [0.717, 1.165) is 44.3 Å². The number of nitriles is 1. The zero-order valence-electron chi connectivity index (χ0n) is 15.6. The molecule has 2 unspecified atom stereocenters. The third kappa shape index (κ3) is 2.44. The molecule has 138 valence electrons. The summed E-state index contributed by atoms with van der Waals surface area (Å²) >= 11 is 0. The van der Waals surface area contributed by atoms with E-state index in [-0.39, 0.29) is 17.8 Å². The van der Waals surface area contributed by atoms with Gasteiger partial charge in [0.25, 0.3) is 0 Å². The van der Waals surface area contributed by atoms with Crippen LogP contribution in [0.15, 0.2) is 18.2 Å². The number of aryl methyl sites for hydroxylation is 1. The molecule has 3 aliphatic rings. The maximum atomic E-state index is 11.2. The highest BCUT2D eigenvalue weighted by atomic mass is 16.5. The Kier molecular flexibility index (Phi) is 4.02. The molecule has 0 aliphatic heterocycles. The van der Waals surface area contributed by atoms with Crippen molar-refractivity contribution in [3.05, 3.63) is 29.3 Å². The molecule has 1 aromatic rings. The number of methoxy groups -OCH3 is 1. The minimum Gasteiger partial charge on any atom is -0.497 e. The van der Waals surface area contributed by atoms with Crippen molar-refractivity contribution in [1.29, 1.82) is 5.26 Å². The number of nitrogens with zero attached hydrogens (tertiary/aromatic N) is 1. The molecule has 2 saturated carbocycles. The fraction of sp³-hybridized carbons (Fsp3) is 0.636. The van der Waals surface area contributed by atoms with Crippen LogP contribution in [-0.2, 0) is 16.6 Å². The average molecular weight is 353 g/mol. The number of carboxylic acids is 1. The molecule has 1 aromatic carbocycles. The van der Waals surface area contributed by atoms with Gasteiger partial charge in [-0.3, -0.25) is 4.79 Å². The van der Waals surface area contributed by atoms with E-state index in [1.165, 1.54) is 11.1 Å². The first-order valence-electron chi connectivity index (χ1n) is 9.72. The quantitative estimate of drug-likeness (QED) is 0.878. The van der Waals surface area contributed by atoms with Crippen LogP contribution in [0, 0.1) is 34.5 Å². The summed E-state index contributed by atoms with van der Waals surface area (Å²) in [7, 11) is 1.68. The summed E-state index contributed by atoms with van der Waals surface area (Å²) in [5.41, 5.74) is 2.23. The van der Waals surface area contributed by atoms with Crippen LogP contribution in [0.25, 0.3) is 0 Å². The molecular formula is C22H27NO3. The van der Waals surface area contributed by atoms with Crippen molar-refractivity contribution in [1.82, 2.24) is 0 Å². The molecule has 26 heavy (non-hydrogen) atoms. The SMILES string of the molecule is COc1ccc2c(c1)CCC1C3C[C@@H](CC(=O)O)C[C@@]3(C)CC[C@]21C#N. The molecule has 4 rings (SSSR count). The highest BCUT2D eigenvalue weighted by molar-refractivity contribution is 5.67. The molecule has 0 spiro atoms. The standard InChI is InChI=1S/C22H27NO3/c1-21-7-8-22(13-23)17-6-4-16(26-2)11-15(17)3-5-18(22)19(21)9-14(12-21)10-20(24)25/h4,6,11,14,18-19H,3,5,7-10,12H2,1-2H3,(H,24,25)/t14-,18?,19?,21+,22-/m0/s1.